The van der Waals surface area contributed by atoms with Crippen molar-refractivity contribution in [2.75, 3.05) is 19.0 Å². The first kappa shape index (κ1) is 15.9. The van der Waals surface area contributed by atoms with Gasteiger partial charge in [0, 0.05) is 0 Å². The molecule has 1 amide bonds. The number of rotatable bonds is 5. The second-order valence-corrected chi connectivity index (χ2v) is 5.31. The van der Waals surface area contributed by atoms with Crippen molar-refractivity contribution in [3.8, 4) is 11.5 Å². The quantitative estimate of drug-likeness (QED) is 0.917. The summed E-state index contributed by atoms with van der Waals surface area (Å²) in [5.74, 6) is 1.14. The highest BCUT2D eigenvalue weighted by Gasteiger charge is 2.09. The lowest BCUT2D eigenvalue weighted by Crippen LogP contribution is -2.20. The van der Waals surface area contributed by atoms with E-state index in [0.29, 0.717) is 11.4 Å². The Morgan fingerprint density at radius 3 is 2.41 bits per heavy atom. The van der Waals surface area contributed by atoms with Crippen LogP contribution in [-0.2, 0) is 4.79 Å². The summed E-state index contributed by atoms with van der Waals surface area (Å²) in [5, 5.41) is 2.82. The van der Waals surface area contributed by atoms with Crippen LogP contribution in [0, 0.1) is 20.8 Å². The maximum Gasteiger partial charge on any atom is 0.262 e. The molecule has 0 fully saturated rings. The average molecular weight is 299 g/mol. The molecule has 4 heteroatoms. The lowest BCUT2D eigenvalue weighted by atomic mass is 10.1. The molecule has 2 aromatic rings. The zero-order chi connectivity index (χ0) is 16.1. The summed E-state index contributed by atoms with van der Waals surface area (Å²) >= 11 is 0. The molecule has 2 rings (SSSR count). The van der Waals surface area contributed by atoms with E-state index in [2.05, 4.69) is 5.32 Å². The van der Waals surface area contributed by atoms with Crippen LogP contribution in [0.25, 0.3) is 0 Å². The van der Waals surface area contributed by atoms with Gasteiger partial charge in [-0.1, -0.05) is 18.2 Å². The number of nitrogens with one attached hydrogen (secondary N) is 1. The molecule has 0 aliphatic rings. The highest BCUT2D eigenvalue weighted by molar-refractivity contribution is 5.93. The fraction of sp³-hybridized carbons (Fsp3) is 0.278. The molecule has 2 aromatic carbocycles. The van der Waals surface area contributed by atoms with Gasteiger partial charge in [0.25, 0.3) is 5.91 Å². The third kappa shape index (κ3) is 4.01. The van der Waals surface area contributed by atoms with Gasteiger partial charge in [0.15, 0.2) is 6.61 Å². The zero-order valence-corrected chi connectivity index (χ0v) is 13.4. The van der Waals surface area contributed by atoms with Crippen LogP contribution in [0.4, 0.5) is 5.69 Å². The van der Waals surface area contributed by atoms with Crippen molar-refractivity contribution in [3.05, 3.63) is 53.1 Å². The molecule has 0 heterocycles. The minimum atomic E-state index is -0.218. The van der Waals surface area contributed by atoms with Crippen molar-refractivity contribution in [2.45, 2.75) is 20.8 Å². The van der Waals surface area contributed by atoms with Gasteiger partial charge in [-0.25, -0.2) is 0 Å². The van der Waals surface area contributed by atoms with Gasteiger partial charge >= 0.3 is 0 Å². The number of methoxy groups -OCH3 is 1. The number of carbonyl (C=O) groups excluding carboxylic acids is 1. The van der Waals surface area contributed by atoms with Crippen LogP contribution in [0.5, 0.6) is 11.5 Å². The van der Waals surface area contributed by atoms with Crippen LogP contribution in [-0.4, -0.2) is 19.6 Å². The molecule has 0 aliphatic heterocycles. The second-order valence-electron chi connectivity index (χ2n) is 5.31. The molecule has 1 N–H and O–H groups in total. The van der Waals surface area contributed by atoms with Gasteiger partial charge in [-0.15, -0.1) is 0 Å². The fourth-order valence-corrected chi connectivity index (χ4v) is 2.11. The molecule has 0 atom stereocenters. The first-order chi connectivity index (χ1) is 10.5. The minimum absolute atomic E-state index is 0.0403. The van der Waals surface area contributed by atoms with E-state index < -0.39 is 0 Å². The standard InChI is InChI=1S/C18H21NO3/c1-12-6-8-16(21-4)15(9-12)19-18(20)11-22-17-10-13(2)5-7-14(17)3/h5-10H,11H2,1-4H3,(H,19,20). The summed E-state index contributed by atoms with van der Waals surface area (Å²) in [6.45, 7) is 5.86. The molecule has 116 valence electrons. The average Bonchev–Trinajstić information content (AvgIpc) is 2.48. The van der Waals surface area contributed by atoms with Gasteiger partial charge in [-0.05, 0) is 55.7 Å². The van der Waals surface area contributed by atoms with Gasteiger partial charge in [-0.3, -0.25) is 4.79 Å². The third-order valence-electron chi connectivity index (χ3n) is 3.33. The maximum absolute atomic E-state index is 12.1. The van der Waals surface area contributed by atoms with Crippen LogP contribution in [0.3, 0.4) is 0 Å². The van der Waals surface area contributed by atoms with Gasteiger partial charge < -0.3 is 14.8 Å². The maximum atomic E-state index is 12.1. The predicted octanol–water partition coefficient (Wildman–Crippen LogP) is 3.64. The Bertz CT molecular complexity index is 680. The second kappa shape index (κ2) is 6.98. The lowest BCUT2D eigenvalue weighted by Gasteiger charge is -2.13. The summed E-state index contributed by atoms with van der Waals surface area (Å²) in [5.41, 5.74) is 3.80. The number of ether oxygens (including phenoxy) is 2. The van der Waals surface area contributed by atoms with Crippen LogP contribution < -0.4 is 14.8 Å². The number of aryl methyl sites for hydroxylation is 3. The fourth-order valence-electron chi connectivity index (χ4n) is 2.11. The first-order valence-electron chi connectivity index (χ1n) is 7.14. The molecule has 0 bridgehead atoms. The molecule has 22 heavy (non-hydrogen) atoms. The largest absolute Gasteiger partial charge is 0.495 e. The number of carbonyl (C=O) groups is 1. The summed E-state index contributed by atoms with van der Waals surface area (Å²) in [4.78, 5) is 12.1. The summed E-state index contributed by atoms with van der Waals surface area (Å²) in [7, 11) is 1.58. The number of hydrogen-bond acceptors (Lipinski definition) is 3. The summed E-state index contributed by atoms with van der Waals surface area (Å²) in [6, 6.07) is 11.5. The number of amides is 1. The lowest BCUT2D eigenvalue weighted by molar-refractivity contribution is -0.118. The van der Waals surface area contributed by atoms with E-state index in [0.717, 1.165) is 22.4 Å². The van der Waals surface area contributed by atoms with Gasteiger partial charge in [0.2, 0.25) is 0 Å². The number of anilines is 1. The topological polar surface area (TPSA) is 47.6 Å². The molecule has 4 nitrogen and oxygen atoms in total. The van der Waals surface area contributed by atoms with Crippen LogP contribution in [0.2, 0.25) is 0 Å². The SMILES string of the molecule is COc1ccc(C)cc1NC(=O)COc1cc(C)ccc1C. The predicted molar refractivity (Wildman–Crippen MR) is 87.8 cm³/mol. The van der Waals surface area contributed by atoms with Crippen LogP contribution in [0.15, 0.2) is 36.4 Å². The van der Waals surface area contributed by atoms with Crippen molar-refractivity contribution in [1.82, 2.24) is 0 Å². The van der Waals surface area contributed by atoms with Crippen LogP contribution in [0.1, 0.15) is 16.7 Å². The highest BCUT2D eigenvalue weighted by atomic mass is 16.5. The van der Waals surface area contributed by atoms with Crippen molar-refractivity contribution in [3.63, 3.8) is 0 Å². The molecule has 0 saturated heterocycles. The van der Waals surface area contributed by atoms with Crippen molar-refractivity contribution in [2.24, 2.45) is 0 Å². The molecular weight excluding hydrogens is 278 g/mol. The molecule has 0 radical (unpaired) electrons. The molecule has 0 spiro atoms. The molecular formula is C18H21NO3. The number of hydrogen-bond donors (Lipinski definition) is 1. The van der Waals surface area contributed by atoms with E-state index in [1.165, 1.54) is 0 Å². The van der Waals surface area contributed by atoms with E-state index in [1.807, 2.05) is 57.2 Å². The van der Waals surface area contributed by atoms with E-state index in [4.69, 9.17) is 9.47 Å². The molecule has 0 saturated carbocycles. The molecule has 0 unspecified atom stereocenters. The monoisotopic (exact) mass is 299 g/mol. The normalized spacial score (nSPS) is 10.2. The Balaban J connectivity index is 2.01. The van der Waals surface area contributed by atoms with Gasteiger partial charge in [0.1, 0.15) is 11.5 Å². The summed E-state index contributed by atoms with van der Waals surface area (Å²) in [6.07, 6.45) is 0. The minimum Gasteiger partial charge on any atom is -0.495 e. The van der Waals surface area contributed by atoms with Crippen LogP contribution >= 0.6 is 0 Å². The van der Waals surface area contributed by atoms with E-state index >= 15 is 0 Å². The van der Waals surface area contributed by atoms with E-state index in [9.17, 15) is 4.79 Å². The Kier molecular flexibility index (Phi) is 5.04. The smallest absolute Gasteiger partial charge is 0.262 e. The summed E-state index contributed by atoms with van der Waals surface area (Å²) < 4.78 is 10.8. The van der Waals surface area contributed by atoms with Gasteiger partial charge in [-0.2, -0.15) is 0 Å². The first-order valence-corrected chi connectivity index (χ1v) is 7.14. The zero-order valence-electron chi connectivity index (χ0n) is 13.4. The third-order valence-corrected chi connectivity index (χ3v) is 3.33. The Hall–Kier alpha value is -2.49. The van der Waals surface area contributed by atoms with Crippen molar-refractivity contribution >= 4 is 11.6 Å². The van der Waals surface area contributed by atoms with E-state index in [1.54, 1.807) is 7.11 Å². The van der Waals surface area contributed by atoms with Crippen molar-refractivity contribution in [1.29, 1.82) is 0 Å². The van der Waals surface area contributed by atoms with Crippen molar-refractivity contribution < 1.29 is 14.3 Å². The molecule has 0 aliphatic carbocycles. The number of benzene rings is 2. The Labute approximate surface area is 131 Å². The highest BCUT2D eigenvalue weighted by Crippen LogP contribution is 2.25. The van der Waals surface area contributed by atoms with Gasteiger partial charge in [0.05, 0.1) is 12.8 Å². The van der Waals surface area contributed by atoms with E-state index in [-0.39, 0.29) is 12.5 Å². The Morgan fingerprint density at radius 2 is 1.68 bits per heavy atom. The Morgan fingerprint density at radius 1 is 1.00 bits per heavy atom. The molecule has 0 aromatic heterocycles.